The Kier molecular flexibility index (Phi) is 3.54. The normalized spacial score (nSPS) is 12.8. The average Bonchev–Trinajstić information content (AvgIpc) is 1.64. The second-order valence-electron chi connectivity index (χ2n) is 1.67. The second-order valence-corrected chi connectivity index (χ2v) is 2.86. The van der Waals surface area contributed by atoms with Crippen LogP contribution in [0.15, 0.2) is 10.1 Å². The molecule has 0 aromatic rings. The number of allylic oxidation sites excluding steroid dienone is 1. The minimum atomic E-state index is -0.841. The van der Waals surface area contributed by atoms with E-state index in [4.69, 9.17) is 5.11 Å². The largest absolute Gasteiger partial charge is 0.478 e. The van der Waals surface area contributed by atoms with Gasteiger partial charge in [-0.3, -0.25) is 0 Å². The predicted octanol–water partition coefficient (Wildman–Crippen LogP) is 2.15. The van der Waals surface area contributed by atoms with Gasteiger partial charge in [-0.05, 0) is 13.3 Å². The molecule has 0 heterocycles. The van der Waals surface area contributed by atoms with Crippen molar-refractivity contribution in [1.29, 1.82) is 0 Å². The van der Waals surface area contributed by atoms with Crippen molar-refractivity contribution in [3.8, 4) is 0 Å². The molecule has 0 aromatic heterocycles. The van der Waals surface area contributed by atoms with E-state index in [-0.39, 0.29) is 0 Å². The summed E-state index contributed by atoms with van der Waals surface area (Å²) >= 11 is 3.10. The molecule has 0 radical (unpaired) electrons. The van der Waals surface area contributed by atoms with Crippen LogP contribution in [-0.4, -0.2) is 11.1 Å². The summed E-state index contributed by atoms with van der Waals surface area (Å²) in [5.74, 6) is -0.841. The topological polar surface area (TPSA) is 37.3 Å². The molecule has 3 heteroatoms. The summed E-state index contributed by atoms with van der Waals surface area (Å²) in [4.78, 5) is 10.3. The smallest absolute Gasteiger partial charge is 0.332 e. The Bertz CT molecular complexity index is 145. The van der Waals surface area contributed by atoms with Gasteiger partial charge in [-0.15, -0.1) is 0 Å². The van der Waals surface area contributed by atoms with Gasteiger partial charge in [-0.25, -0.2) is 4.79 Å². The fraction of sp³-hybridized carbons (Fsp3) is 0.500. The Hall–Kier alpha value is -0.310. The Morgan fingerprint density at radius 1 is 1.67 bits per heavy atom. The van der Waals surface area contributed by atoms with Crippen molar-refractivity contribution in [3.05, 3.63) is 10.1 Å². The monoisotopic (exact) mass is 192 g/mol. The summed E-state index contributed by atoms with van der Waals surface area (Å²) in [6, 6.07) is 0. The Balaban J connectivity index is 4.35. The molecule has 0 fully saturated rings. The van der Waals surface area contributed by atoms with E-state index in [2.05, 4.69) is 15.9 Å². The first-order valence-corrected chi connectivity index (χ1v) is 3.47. The third kappa shape index (κ3) is 2.65. The summed E-state index contributed by atoms with van der Waals surface area (Å²) in [5.41, 5.74) is 0.440. The molecule has 0 spiro atoms. The first-order valence-electron chi connectivity index (χ1n) is 2.68. The fourth-order valence-electron chi connectivity index (χ4n) is 0.542. The van der Waals surface area contributed by atoms with Gasteiger partial charge in [0, 0.05) is 10.1 Å². The third-order valence-electron chi connectivity index (χ3n) is 1.03. The molecular weight excluding hydrogens is 184 g/mol. The lowest BCUT2D eigenvalue weighted by molar-refractivity contribution is -0.132. The maximum Gasteiger partial charge on any atom is 0.332 e. The van der Waals surface area contributed by atoms with E-state index in [0.717, 1.165) is 0 Å². The molecule has 0 aliphatic heterocycles. The van der Waals surface area contributed by atoms with Gasteiger partial charge in [0.2, 0.25) is 0 Å². The van der Waals surface area contributed by atoms with Crippen LogP contribution in [0.1, 0.15) is 20.3 Å². The fourth-order valence-corrected chi connectivity index (χ4v) is 0.992. The van der Waals surface area contributed by atoms with Crippen LogP contribution in [0.25, 0.3) is 0 Å². The maximum atomic E-state index is 10.3. The van der Waals surface area contributed by atoms with Gasteiger partial charge in [0.25, 0.3) is 0 Å². The molecule has 0 rings (SSSR count). The number of hydrogen-bond acceptors (Lipinski definition) is 1. The van der Waals surface area contributed by atoms with E-state index in [9.17, 15) is 4.79 Å². The summed E-state index contributed by atoms with van der Waals surface area (Å²) < 4.78 is 0.706. The van der Waals surface area contributed by atoms with Gasteiger partial charge in [0.05, 0.1) is 0 Å². The van der Waals surface area contributed by atoms with Crippen LogP contribution in [0, 0.1) is 0 Å². The molecule has 2 nitrogen and oxygen atoms in total. The Morgan fingerprint density at radius 2 is 2.11 bits per heavy atom. The van der Waals surface area contributed by atoms with Crippen LogP contribution < -0.4 is 0 Å². The lowest BCUT2D eigenvalue weighted by Crippen LogP contribution is -1.99. The number of halogens is 1. The predicted molar refractivity (Wildman–Crippen MR) is 39.6 cm³/mol. The quantitative estimate of drug-likeness (QED) is 0.682. The number of carbonyl (C=O) groups is 1. The molecule has 0 saturated carbocycles. The molecule has 0 amide bonds. The highest BCUT2D eigenvalue weighted by Gasteiger charge is 2.05. The van der Waals surface area contributed by atoms with Gasteiger partial charge in [0.1, 0.15) is 0 Å². The van der Waals surface area contributed by atoms with Crippen LogP contribution >= 0.6 is 15.9 Å². The van der Waals surface area contributed by atoms with Crippen molar-refractivity contribution in [3.63, 3.8) is 0 Å². The number of aliphatic carboxylic acids is 1. The zero-order chi connectivity index (χ0) is 7.44. The molecule has 0 bridgehead atoms. The molecule has 0 aliphatic rings. The van der Waals surface area contributed by atoms with Crippen LogP contribution in [0.4, 0.5) is 0 Å². The number of carboxylic acid groups (broad SMARTS) is 1. The molecule has 0 aromatic carbocycles. The van der Waals surface area contributed by atoms with Crippen LogP contribution in [0.2, 0.25) is 0 Å². The second kappa shape index (κ2) is 3.67. The van der Waals surface area contributed by atoms with Crippen LogP contribution in [0.5, 0.6) is 0 Å². The van der Waals surface area contributed by atoms with Gasteiger partial charge < -0.3 is 5.11 Å². The lowest BCUT2D eigenvalue weighted by Gasteiger charge is -1.96. The zero-order valence-corrected chi connectivity index (χ0v) is 7.03. The van der Waals surface area contributed by atoms with Crippen molar-refractivity contribution < 1.29 is 9.90 Å². The molecule has 1 N–H and O–H groups in total. The standard InChI is InChI=1S/C6H9BrO2/c1-3-5(4(2)7)6(8)9/h3H2,1-2H3,(H,8,9)/b5-4-. The molecular formula is C6H9BrO2. The number of hydrogen-bond donors (Lipinski definition) is 1. The Labute approximate surface area is 62.7 Å². The maximum absolute atomic E-state index is 10.3. The molecule has 0 atom stereocenters. The lowest BCUT2D eigenvalue weighted by atomic mass is 10.2. The van der Waals surface area contributed by atoms with Gasteiger partial charge in [-0.1, -0.05) is 22.9 Å². The molecule has 0 aliphatic carbocycles. The first kappa shape index (κ1) is 8.69. The average molecular weight is 193 g/mol. The van der Waals surface area contributed by atoms with Crippen LogP contribution in [0.3, 0.4) is 0 Å². The Morgan fingerprint density at radius 3 is 2.11 bits per heavy atom. The summed E-state index contributed by atoms with van der Waals surface area (Å²) in [6.07, 6.45) is 0.562. The minimum absolute atomic E-state index is 0.440. The van der Waals surface area contributed by atoms with E-state index in [0.29, 0.717) is 16.5 Å². The first-order chi connectivity index (χ1) is 4.09. The number of rotatable bonds is 2. The van der Waals surface area contributed by atoms with Crippen LogP contribution in [-0.2, 0) is 4.79 Å². The van der Waals surface area contributed by atoms with Crippen molar-refractivity contribution in [2.24, 2.45) is 0 Å². The minimum Gasteiger partial charge on any atom is -0.478 e. The van der Waals surface area contributed by atoms with Gasteiger partial charge >= 0.3 is 5.97 Å². The summed E-state index contributed by atoms with van der Waals surface area (Å²) in [7, 11) is 0. The van der Waals surface area contributed by atoms with Gasteiger partial charge in [-0.2, -0.15) is 0 Å². The van der Waals surface area contributed by atoms with E-state index >= 15 is 0 Å². The number of carboxylic acids is 1. The SMILES string of the molecule is CC/C(C(=O)O)=C(\C)Br. The molecule has 9 heavy (non-hydrogen) atoms. The van der Waals surface area contributed by atoms with Gasteiger partial charge in [0.15, 0.2) is 0 Å². The summed E-state index contributed by atoms with van der Waals surface area (Å²) in [6.45, 7) is 3.54. The molecule has 52 valence electrons. The zero-order valence-electron chi connectivity index (χ0n) is 5.44. The highest BCUT2D eigenvalue weighted by Crippen LogP contribution is 2.13. The van der Waals surface area contributed by atoms with Crippen molar-refractivity contribution in [2.45, 2.75) is 20.3 Å². The highest BCUT2D eigenvalue weighted by molar-refractivity contribution is 9.11. The molecule has 0 unspecified atom stereocenters. The third-order valence-corrected chi connectivity index (χ3v) is 1.51. The van der Waals surface area contributed by atoms with E-state index < -0.39 is 5.97 Å². The van der Waals surface area contributed by atoms with Crippen molar-refractivity contribution in [2.75, 3.05) is 0 Å². The van der Waals surface area contributed by atoms with E-state index in [1.807, 2.05) is 6.92 Å². The van der Waals surface area contributed by atoms with Crippen molar-refractivity contribution in [1.82, 2.24) is 0 Å². The molecule has 0 saturated heterocycles. The highest BCUT2D eigenvalue weighted by atomic mass is 79.9. The van der Waals surface area contributed by atoms with E-state index in [1.54, 1.807) is 6.92 Å². The summed E-state index contributed by atoms with van der Waals surface area (Å²) in [5, 5.41) is 8.46. The van der Waals surface area contributed by atoms with E-state index in [1.165, 1.54) is 0 Å². The van der Waals surface area contributed by atoms with Crippen molar-refractivity contribution >= 4 is 21.9 Å².